The molecule has 22 nitrogen and oxygen atoms in total. The van der Waals surface area contributed by atoms with Crippen LogP contribution < -0.4 is 30.7 Å². The van der Waals surface area contributed by atoms with Gasteiger partial charge in [-0.15, -0.1) is 0 Å². The monoisotopic (exact) mass is 1060 g/mol. The van der Waals surface area contributed by atoms with Crippen LogP contribution in [0, 0.1) is 5.82 Å². The molecule has 0 spiro atoms. The van der Waals surface area contributed by atoms with Gasteiger partial charge in [-0.05, 0) is 113 Å². The lowest BCUT2D eigenvalue weighted by Gasteiger charge is -2.11. The molecule has 4 aromatic carbocycles. The lowest BCUT2D eigenvalue weighted by atomic mass is 10.1. The van der Waals surface area contributed by atoms with Crippen molar-refractivity contribution in [3.8, 4) is 68.0 Å². The van der Waals surface area contributed by atoms with Crippen LogP contribution in [0.1, 0.15) is 39.8 Å². The summed E-state index contributed by atoms with van der Waals surface area (Å²) in [6.45, 7) is 8.00. The second kappa shape index (κ2) is 22.1. The van der Waals surface area contributed by atoms with Gasteiger partial charge in [0.05, 0.1) is 40.8 Å². The molecule has 0 fully saturated rings. The number of nitrogens with zero attached hydrogens (tertiary/aromatic N) is 10. The average molecular weight is 1060 g/mol. The summed E-state index contributed by atoms with van der Waals surface area (Å²) in [5.74, 6) is 1.33. The van der Waals surface area contributed by atoms with Crippen molar-refractivity contribution in [2.24, 2.45) is 0 Å². The van der Waals surface area contributed by atoms with Gasteiger partial charge in [-0.2, -0.15) is 20.4 Å². The lowest BCUT2D eigenvalue weighted by Crippen LogP contribution is -2.20. The van der Waals surface area contributed by atoms with Gasteiger partial charge in [0.2, 0.25) is 0 Å². The molecule has 0 radical (unpaired) electrons. The fourth-order valence-electron chi connectivity index (χ4n) is 8.08. The van der Waals surface area contributed by atoms with E-state index in [1.165, 1.54) is 24.9 Å². The normalized spacial score (nSPS) is 11.2. The van der Waals surface area contributed by atoms with Crippen molar-refractivity contribution in [1.29, 1.82) is 0 Å². The van der Waals surface area contributed by atoms with E-state index in [0.717, 1.165) is 27.9 Å². The van der Waals surface area contributed by atoms with Crippen LogP contribution in [0.15, 0.2) is 174 Å². The number of anilines is 4. The zero-order chi connectivity index (χ0) is 54.4. The summed E-state index contributed by atoms with van der Waals surface area (Å²) in [5, 5.41) is 33.8. The number of H-pyrrole nitrogens is 2. The number of pyridine rings is 2. The fourth-order valence-corrected chi connectivity index (χ4v) is 8.08. The van der Waals surface area contributed by atoms with Gasteiger partial charge < -0.3 is 39.6 Å². The van der Waals surface area contributed by atoms with Crippen molar-refractivity contribution in [2.45, 2.75) is 39.8 Å². The number of hydrogen-bond acceptors (Lipinski definition) is 14. The number of amides is 4. The molecule has 0 aliphatic carbocycles. The molecule has 12 aromatic rings. The highest BCUT2D eigenvalue weighted by atomic mass is 19.1. The second-order valence-corrected chi connectivity index (χ2v) is 18.3. The molecule has 0 bridgehead atoms. The van der Waals surface area contributed by atoms with Crippen molar-refractivity contribution in [1.82, 2.24) is 59.9 Å². The number of ether oxygens (including phenoxy) is 2. The van der Waals surface area contributed by atoms with Crippen LogP contribution in [-0.2, 0) is 0 Å². The number of rotatable bonds is 14. The van der Waals surface area contributed by atoms with Gasteiger partial charge in [-0.25, -0.2) is 23.9 Å². The van der Waals surface area contributed by atoms with E-state index in [1.54, 1.807) is 107 Å². The first-order chi connectivity index (χ1) is 38.4. The number of carbonyl (C=O) groups excluding carboxylic acids is 2. The number of oxazole rings is 2. The number of hydrogen-bond donors (Lipinski definition) is 6. The molecular weight excluding hydrogens is 1010 g/mol. The minimum atomic E-state index is -0.661. The Morgan fingerprint density at radius 1 is 0.532 bits per heavy atom. The fraction of sp³-hybridized carbons (Fsp3) is 0.107. The quantitative estimate of drug-likeness (QED) is 0.0591. The molecule has 0 aliphatic heterocycles. The van der Waals surface area contributed by atoms with Gasteiger partial charge in [0.15, 0.2) is 24.0 Å². The maximum absolute atomic E-state index is 14.9. The van der Waals surface area contributed by atoms with Crippen molar-refractivity contribution < 1.29 is 32.3 Å². The van der Waals surface area contributed by atoms with E-state index in [1.807, 2.05) is 70.3 Å². The van der Waals surface area contributed by atoms with Gasteiger partial charge in [0, 0.05) is 95.4 Å². The van der Waals surface area contributed by atoms with Crippen LogP contribution in [0.3, 0.4) is 0 Å². The molecular formula is C56H47FN16O6. The minimum Gasteiger partial charge on any atom is -0.457 e. The van der Waals surface area contributed by atoms with Crippen LogP contribution in [0.4, 0.5) is 36.7 Å². The molecule has 8 heterocycles. The highest BCUT2D eigenvalue weighted by molar-refractivity contribution is 6.03. The Kier molecular flexibility index (Phi) is 14.0. The van der Waals surface area contributed by atoms with E-state index >= 15 is 0 Å². The Hall–Kier alpha value is -11.0. The molecule has 4 amide bonds. The number of halogens is 1. The number of aromatic nitrogens is 12. The summed E-state index contributed by atoms with van der Waals surface area (Å²) < 4.78 is 40.9. The molecule has 79 heavy (non-hydrogen) atoms. The third-order valence-electron chi connectivity index (χ3n) is 12.0. The average Bonchev–Trinajstić information content (AvgIpc) is 4.34. The van der Waals surface area contributed by atoms with E-state index in [4.69, 9.17) is 23.4 Å². The largest absolute Gasteiger partial charge is 0.457 e. The first-order valence-electron chi connectivity index (χ1n) is 24.6. The predicted molar refractivity (Wildman–Crippen MR) is 293 cm³/mol. The number of benzene rings is 4. The zero-order valence-electron chi connectivity index (χ0n) is 42.5. The molecule has 8 aromatic heterocycles. The molecule has 394 valence electrons. The van der Waals surface area contributed by atoms with E-state index in [9.17, 15) is 14.0 Å². The van der Waals surface area contributed by atoms with Crippen LogP contribution in [0.25, 0.3) is 67.2 Å². The summed E-state index contributed by atoms with van der Waals surface area (Å²) in [6.07, 6.45) is 16.4. The maximum Gasteiger partial charge on any atom is 0.323 e. The molecule has 0 unspecified atom stereocenters. The Morgan fingerprint density at radius 2 is 1.01 bits per heavy atom. The van der Waals surface area contributed by atoms with Crippen LogP contribution in [0.2, 0.25) is 0 Å². The Morgan fingerprint density at radius 3 is 1.51 bits per heavy atom. The third kappa shape index (κ3) is 11.6. The zero-order valence-corrected chi connectivity index (χ0v) is 42.5. The topological polar surface area (TPSA) is 272 Å². The molecule has 0 saturated carbocycles. The summed E-state index contributed by atoms with van der Waals surface area (Å²) in [4.78, 5) is 42.9. The first-order valence-corrected chi connectivity index (χ1v) is 24.6. The minimum absolute atomic E-state index is 0.0134. The Balaban J connectivity index is 0.000000167. The molecule has 0 atom stereocenters. The SMILES string of the molecule is CC(C)n1cc(NC(=O)Nc2ccc(Oc3ccnc(-c4cn[nH]c4)c3)cc2)c(-c2ccc3ocnc3c2)n1.CC(C)n1cc(NC(=O)Nc2ccc(Oc3ccnc(-c4cn[nH]c4)c3)cc2F)c(-c2ccc3ocnc3c2)n1. The number of nitrogens with one attached hydrogen (secondary N) is 6. The Bertz CT molecular complexity index is 4070. The lowest BCUT2D eigenvalue weighted by molar-refractivity contribution is 0.261. The van der Waals surface area contributed by atoms with Crippen molar-refractivity contribution in [3.63, 3.8) is 0 Å². The van der Waals surface area contributed by atoms with Crippen molar-refractivity contribution >= 4 is 57.0 Å². The van der Waals surface area contributed by atoms with Gasteiger partial charge in [-0.3, -0.25) is 29.5 Å². The standard InChI is InChI=1S/C28H23FN8O3.C28H24N8O3/c1-16(2)37-14-25(27(36-37)17-3-6-26-24(9-17)31-15-39-26)35-28(38)34-22-5-4-19(10-21(22)29)40-20-7-8-30-23(11-20)18-12-32-33-13-18;1-17(2)36-15-25(27(35-36)18-3-8-26-24(11-18)30-16-38-26)34-28(37)33-20-4-6-21(7-5-20)39-22-9-10-29-23(12-22)19-13-31-32-14-19/h3-16H,1-2H3,(H,32,33)(H2,34,35,38);3-17H,1-2H3,(H,31,32)(H2,33,34,37). The summed E-state index contributed by atoms with van der Waals surface area (Å²) in [6, 6.07) is 28.5. The van der Waals surface area contributed by atoms with Crippen LogP contribution >= 0.6 is 0 Å². The molecule has 12 rings (SSSR count). The van der Waals surface area contributed by atoms with Crippen molar-refractivity contribution in [2.75, 3.05) is 21.3 Å². The van der Waals surface area contributed by atoms with Crippen LogP contribution in [-0.4, -0.2) is 72.0 Å². The molecule has 0 saturated heterocycles. The summed E-state index contributed by atoms with van der Waals surface area (Å²) in [5.41, 5.74) is 10.2. The summed E-state index contributed by atoms with van der Waals surface area (Å²) in [7, 11) is 0. The molecule has 0 aliphatic rings. The number of urea groups is 2. The predicted octanol–water partition coefficient (Wildman–Crippen LogP) is 13.1. The van der Waals surface area contributed by atoms with Crippen molar-refractivity contribution in [3.05, 3.63) is 171 Å². The van der Waals surface area contributed by atoms with E-state index in [0.29, 0.717) is 73.6 Å². The van der Waals surface area contributed by atoms with E-state index in [-0.39, 0.29) is 23.5 Å². The first kappa shape index (κ1) is 50.2. The smallest absolute Gasteiger partial charge is 0.323 e. The van der Waals surface area contributed by atoms with Crippen LogP contribution in [0.5, 0.6) is 23.0 Å². The van der Waals surface area contributed by atoms with Gasteiger partial charge >= 0.3 is 12.1 Å². The Labute approximate surface area is 448 Å². The highest BCUT2D eigenvalue weighted by Gasteiger charge is 2.20. The molecule has 23 heteroatoms. The third-order valence-corrected chi connectivity index (χ3v) is 12.0. The van der Waals surface area contributed by atoms with Gasteiger partial charge in [-0.1, -0.05) is 0 Å². The van der Waals surface area contributed by atoms with E-state index in [2.05, 4.69) is 66.7 Å². The number of fused-ring (bicyclic) bond motifs is 2. The van der Waals surface area contributed by atoms with E-state index < -0.39 is 17.9 Å². The second-order valence-electron chi connectivity index (χ2n) is 18.3. The molecule has 6 N–H and O–H groups in total. The maximum atomic E-state index is 14.9. The van der Waals surface area contributed by atoms with Gasteiger partial charge in [0.25, 0.3) is 0 Å². The summed E-state index contributed by atoms with van der Waals surface area (Å²) >= 11 is 0. The number of aromatic amines is 2. The highest BCUT2D eigenvalue weighted by Crippen LogP contribution is 2.34. The van der Waals surface area contributed by atoms with Gasteiger partial charge in [0.1, 0.15) is 51.2 Å². The number of carbonyl (C=O) groups is 2.